The smallest absolute Gasteiger partial charge is 0.0752 e. The summed E-state index contributed by atoms with van der Waals surface area (Å²) in [5, 5.41) is 3.64. The van der Waals surface area contributed by atoms with Crippen LogP contribution in [0.15, 0.2) is 0 Å². The summed E-state index contributed by atoms with van der Waals surface area (Å²) in [6.07, 6.45) is 2.42. The zero-order valence-corrected chi connectivity index (χ0v) is 12.3. The first-order chi connectivity index (χ1) is 8.02. The topological polar surface area (TPSA) is 24.5 Å². The third kappa shape index (κ3) is 4.57. The molecule has 1 aliphatic rings. The van der Waals surface area contributed by atoms with Gasteiger partial charge in [0.1, 0.15) is 0 Å². The van der Waals surface area contributed by atoms with Crippen molar-refractivity contribution in [1.29, 1.82) is 0 Å². The van der Waals surface area contributed by atoms with Gasteiger partial charge >= 0.3 is 0 Å². The SMILES string of the molecule is CCOC(C)(C)CN1CC(CC)NCC1CC. The summed E-state index contributed by atoms with van der Waals surface area (Å²) < 4.78 is 5.83. The van der Waals surface area contributed by atoms with E-state index >= 15 is 0 Å². The van der Waals surface area contributed by atoms with E-state index in [1.807, 2.05) is 0 Å². The highest BCUT2D eigenvalue weighted by molar-refractivity contribution is 4.88. The summed E-state index contributed by atoms with van der Waals surface area (Å²) in [5.41, 5.74) is -0.0300. The summed E-state index contributed by atoms with van der Waals surface area (Å²) >= 11 is 0. The molecule has 0 radical (unpaired) electrons. The van der Waals surface area contributed by atoms with Crippen LogP contribution in [0.1, 0.15) is 47.5 Å². The molecule has 17 heavy (non-hydrogen) atoms. The minimum absolute atomic E-state index is 0.0300. The fraction of sp³-hybridized carbons (Fsp3) is 1.00. The Bertz CT molecular complexity index is 218. The predicted molar refractivity (Wildman–Crippen MR) is 73.4 cm³/mol. The van der Waals surface area contributed by atoms with Crippen LogP contribution < -0.4 is 5.32 Å². The van der Waals surface area contributed by atoms with Gasteiger partial charge in [0.15, 0.2) is 0 Å². The Morgan fingerprint density at radius 1 is 1.24 bits per heavy atom. The molecule has 0 aromatic carbocycles. The van der Waals surface area contributed by atoms with E-state index in [2.05, 4.69) is 44.8 Å². The average molecular weight is 242 g/mol. The second-order valence-electron chi connectivity index (χ2n) is 5.70. The zero-order valence-electron chi connectivity index (χ0n) is 12.3. The minimum Gasteiger partial charge on any atom is -0.375 e. The van der Waals surface area contributed by atoms with Gasteiger partial charge in [-0.05, 0) is 33.6 Å². The van der Waals surface area contributed by atoms with Gasteiger partial charge < -0.3 is 10.1 Å². The van der Waals surface area contributed by atoms with Crippen LogP contribution >= 0.6 is 0 Å². The van der Waals surface area contributed by atoms with E-state index in [9.17, 15) is 0 Å². The maximum atomic E-state index is 5.83. The first-order valence-corrected chi connectivity index (χ1v) is 7.13. The maximum absolute atomic E-state index is 5.83. The van der Waals surface area contributed by atoms with Crippen molar-refractivity contribution < 1.29 is 4.74 Å². The molecule has 1 rings (SSSR count). The average Bonchev–Trinajstić information content (AvgIpc) is 2.28. The number of nitrogens with zero attached hydrogens (tertiary/aromatic N) is 1. The minimum atomic E-state index is -0.0300. The molecular formula is C14H30N2O. The van der Waals surface area contributed by atoms with Gasteiger partial charge in [-0.3, -0.25) is 4.90 Å². The molecule has 0 aromatic heterocycles. The lowest BCUT2D eigenvalue weighted by Crippen LogP contribution is -2.59. The Morgan fingerprint density at radius 3 is 2.47 bits per heavy atom. The molecule has 0 spiro atoms. The van der Waals surface area contributed by atoms with Gasteiger partial charge in [0, 0.05) is 38.3 Å². The van der Waals surface area contributed by atoms with E-state index in [1.54, 1.807) is 0 Å². The lowest BCUT2D eigenvalue weighted by atomic mass is 10.0. The number of rotatable bonds is 6. The fourth-order valence-electron chi connectivity index (χ4n) is 2.72. The van der Waals surface area contributed by atoms with Crippen molar-refractivity contribution >= 4 is 0 Å². The summed E-state index contributed by atoms with van der Waals surface area (Å²) in [6, 6.07) is 1.31. The van der Waals surface area contributed by atoms with Gasteiger partial charge in [0.25, 0.3) is 0 Å². The van der Waals surface area contributed by atoms with Gasteiger partial charge in [-0.25, -0.2) is 0 Å². The van der Waals surface area contributed by atoms with Crippen molar-refractivity contribution in [3.8, 4) is 0 Å². The molecule has 1 fully saturated rings. The van der Waals surface area contributed by atoms with Gasteiger partial charge in [0.05, 0.1) is 5.60 Å². The summed E-state index contributed by atoms with van der Waals surface area (Å²) in [7, 11) is 0. The molecule has 3 heteroatoms. The molecule has 1 saturated heterocycles. The van der Waals surface area contributed by atoms with Gasteiger partial charge in [0.2, 0.25) is 0 Å². The van der Waals surface area contributed by atoms with Gasteiger partial charge in [-0.2, -0.15) is 0 Å². The van der Waals surface area contributed by atoms with Gasteiger partial charge in [-0.15, -0.1) is 0 Å². The van der Waals surface area contributed by atoms with Crippen LogP contribution in [0.3, 0.4) is 0 Å². The molecule has 0 amide bonds. The molecule has 0 saturated carbocycles. The van der Waals surface area contributed by atoms with Crippen LogP contribution in [0.4, 0.5) is 0 Å². The number of piperazine rings is 1. The maximum Gasteiger partial charge on any atom is 0.0752 e. The lowest BCUT2D eigenvalue weighted by Gasteiger charge is -2.43. The quantitative estimate of drug-likeness (QED) is 0.773. The summed E-state index contributed by atoms with van der Waals surface area (Å²) in [6.45, 7) is 15.1. The van der Waals surface area contributed by atoms with Crippen molar-refractivity contribution in [3.63, 3.8) is 0 Å². The number of hydrogen-bond donors (Lipinski definition) is 1. The van der Waals surface area contributed by atoms with Crippen LogP contribution in [0.2, 0.25) is 0 Å². The van der Waals surface area contributed by atoms with E-state index in [-0.39, 0.29) is 5.60 Å². The van der Waals surface area contributed by atoms with Crippen LogP contribution in [0.5, 0.6) is 0 Å². The molecule has 102 valence electrons. The second kappa shape index (κ2) is 6.72. The van der Waals surface area contributed by atoms with Crippen LogP contribution in [-0.2, 0) is 4.74 Å². The predicted octanol–water partition coefficient (Wildman–Crippen LogP) is 2.26. The Kier molecular flexibility index (Phi) is 5.90. The molecule has 1 N–H and O–H groups in total. The molecular weight excluding hydrogens is 212 g/mol. The van der Waals surface area contributed by atoms with Crippen molar-refractivity contribution in [2.45, 2.75) is 65.1 Å². The highest BCUT2D eigenvalue weighted by atomic mass is 16.5. The first kappa shape index (κ1) is 14.9. The Hall–Kier alpha value is -0.120. The molecule has 1 heterocycles. The first-order valence-electron chi connectivity index (χ1n) is 7.13. The standard InChI is InChI=1S/C14H30N2O/c1-6-12-10-16(13(7-2)9-15-12)11-14(4,5)17-8-3/h12-13,15H,6-11H2,1-5H3. The van der Waals surface area contributed by atoms with E-state index in [4.69, 9.17) is 4.74 Å². The molecule has 2 atom stereocenters. The van der Waals surface area contributed by atoms with E-state index in [0.29, 0.717) is 12.1 Å². The second-order valence-corrected chi connectivity index (χ2v) is 5.70. The van der Waals surface area contributed by atoms with Crippen molar-refractivity contribution in [2.24, 2.45) is 0 Å². The van der Waals surface area contributed by atoms with Crippen molar-refractivity contribution in [2.75, 3.05) is 26.2 Å². The summed E-state index contributed by atoms with van der Waals surface area (Å²) in [5.74, 6) is 0. The van der Waals surface area contributed by atoms with E-state index in [1.165, 1.54) is 12.8 Å². The highest BCUT2D eigenvalue weighted by Crippen LogP contribution is 2.18. The van der Waals surface area contributed by atoms with Crippen LogP contribution in [-0.4, -0.2) is 48.8 Å². The van der Waals surface area contributed by atoms with E-state index in [0.717, 1.165) is 26.2 Å². The molecule has 0 bridgehead atoms. The molecule has 1 aliphatic heterocycles. The van der Waals surface area contributed by atoms with E-state index < -0.39 is 0 Å². The van der Waals surface area contributed by atoms with Crippen molar-refractivity contribution in [1.82, 2.24) is 10.2 Å². The Morgan fingerprint density at radius 2 is 1.94 bits per heavy atom. The molecule has 0 aromatic rings. The fourth-order valence-corrected chi connectivity index (χ4v) is 2.72. The molecule has 2 unspecified atom stereocenters. The normalized spacial score (nSPS) is 27.4. The monoisotopic (exact) mass is 242 g/mol. The van der Waals surface area contributed by atoms with Crippen LogP contribution in [0, 0.1) is 0 Å². The van der Waals surface area contributed by atoms with Gasteiger partial charge in [-0.1, -0.05) is 13.8 Å². The lowest BCUT2D eigenvalue weighted by molar-refractivity contribution is -0.0493. The molecule has 0 aliphatic carbocycles. The Labute approximate surface area is 107 Å². The van der Waals surface area contributed by atoms with Crippen LogP contribution in [0.25, 0.3) is 0 Å². The highest BCUT2D eigenvalue weighted by Gasteiger charge is 2.30. The molecule has 3 nitrogen and oxygen atoms in total. The van der Waals surface area contributed by atoms with Crippen molar-refractivity contribution in [3.05, 3.63) is 0 Å². The Balaban J connectivity index is 2.57. The number of nitrogens with one attached hydrogen (secondary N) is 1. The third-order valence-electron chi connectivity index (χ3n) is 3.70. The third-order valence-corrected chi connectivity index (χ3v) is 3.70. The zero-order chi connectivity index (χ0) is 12.9. The summed E-state index contributed by atoms with van der Waals surface area (Å²) in [4.78, 5) is 2.61. The largest absolute Gasteiger partial charge is 0.375 e. The number of ether oxygens (including phenoxy) is 1. The number of hydrogen-bond acceptors (Lipinski definition) is 3.